The summed E-state index contributed by atoms with van der Waals surface area (Å²) in [5, 5.41) is 6.72. The molecule has 1 aromatic heterocycles. The Morgan fingerprint density at radius 3 is 2.48 bits per heavy atom. The van der Waals surface area contributed by atoms with E-state index in [9.17, 15) is 18.0 Å². The fourth-order valence-corrected chi connectivity index (χ4v) is 3.56. The smallest absolute Gasteiger partial charge is 0.337 e. The molecule has 31 heavy (non-hydrogen) atoms. The molecule has 2 heterocycles. The van der Waals surface area contributed by atoms with Crippen LogP contribution >= 0.6 is 0 Å². The molecule has 0 aliphatic carbocycles. The van der Waals surface area contributed by atoms with Gasteiger partial charge in [0.05, 0.1) is 5.56 Å². The number of nitrogens with one attached hydrogen (secondary N) is 1. The molecule has 0 bridgehead atoms. The van der Waals surface area contributed by atoms with Gasteiger partial charge in [-0.15, -0.1) is 0 Å². The van der Waals surface area contributed by atoms with Crippen molar-refractivity contribution in [2.75, 3.05) is 11.9 Å². The zero-order valence-electron chi connectivity index (χ0n) is 16.8. The lowest BCUT2D eigenvalue weighted by molar-refractivity contribution is -0.137. The third-order valence-corrected chi connectivity index (χ3v) is 5.26. The summed E-state index contributed by atoms with van der Waals surface area (Å²) in [4.78, 5) is 18.9. The number of nitrogens with zero attached hydrogens (tertiary/aromatic N) is 3. The van der Waals surface area contributed by atoms with Gasteiger partial charge in [0.15, 0.2) is 0 Å². The average molecular weight is 430 g/mol. The number of amides is 2. The van der Waals surface area contributed by atoms with E-state index < -0.39 is 23.8 Å². The molecule has 1 aliphatic heterocycles. The number of carbonyl (C=O) groups is 1. The Bertz CT molecular complexity index is 1050. The van der Waals surface area contributed by atoms with Crippen LogP contribution in [0.3, 0.4) is 0 Å². The quantitative estimate of drug-likeness (QED) is 0.568. The highest BCUT2D eigenvalue weighted by atomic mass is 19.4. The first-order chi connectivity index (χ1) is 14.8. The second-order valence-electron chi connectivity index (χ2n) is 7.53. The molecule has 1 atom stereocenters. The number of carbonyl (C=O) groups excluding carboxylic acids is 1. The number of hydrogen-bond donors (Lipinski definition) is 1. The van der Waals surface area contributed by atoms with Crippen LogP contribution in [0.5, 0.6) is 0 Å². The van der Waals surface area contributed by atoms with Gasteiger partial charge in [-0.1, -0.05) is 35.0 Å². The van der Waals surface area contributed by atoms with Crippen molar-refractivity contribution in [3.63, 3.8) is 0 Å². The number of rotatable bonds is 3. The van der Waals surface area contributed by atoms with E-state index in [1.54, 1.807) is 4.90 Å². The number of halogens is 3. The van der Waals surface area contributed by atoms with Gasteiger partial charge >= 0.3 is 12.2 Å². The van der Waals surface area contributed by atoms with Crippen LogP contribution in [0.2, 0.25) is 0 Å². The lowest BCUT2D eigenvalue weighted by Gasteiger charge is -2.33. The van der Waals surface area contributed by atoms with Crippen LogP contribution in [0.15, 0.2) is 53.1 Å². The van der Waals surface area contributed by atoms with Crippen LogP contribution in [0.4, 0.5) is 23.7 Å². The van der Waals surface area contributed by atoms with Crippen LogP contribution in [-0.2, 0) is 6.18 Å². The number of benzene rings is 2. The summed E-state index contributed by atoms with van der Waals surface area (Å²) in [6, 6.07) is 11.3. The van der Waals surface area contributed by atoms with Crippen LogP contribution in [-0.4, -0.2) is 27.6 Å². The number of alkyl halides is 3. The van der Waals surface area contributed by atoms with Crippen LogP contribution in [0, 0.1) is 6.92 Å². The van der Waals surface area contributed by atoms with Gasteiger partial charge in [-0.25, -0.2) is 4.79 Å². The molecule has 9 heteroatoms. The SMILES string of the molecule is Cc1ccc(-c2noc(C3CCCCN3C(=O)Nc3ccc(C(F)(F)F)cc3)n2)cc1. The number of likely N-dealkylation sites (tertiary alicyclic amines) is 1. The molecule has 0 spiro atoms. The molecule has 0 saturated carbocycles. The topological polar surface area (TPSA) is 71.3 Å². The number of piperidine rings is 1. The summed E-state index contributed by atoms with van der Waals surface area (Å²) in [6.45, 7) is 2.47. The first-order valence-corrected chi connectivity index (χ1v) is 9.97. The van der Waals surface area contributed by atoms with Crippen molar-refractivity contribution in [2.45, 2.75) is 38.4 Å². The van der Waals surface area contributed by atoms with Crippen molar-refractivity contribution in [1.29, 1.82) is 0 Å². The maximum absolute atomic E-state index is 12.9. The van der Waals surface area contributed by atoms with Crippen LogP contribution in [0.1, 0.15) is 42.3 Å². The second-order valence-corrected chi connectivity index (χ2v) is 7.53. The molecular formula is C22H21F3N4O2. The number of urea groups is 1. The second kappa shape index (κ2) is 8.41. The number of hydrogen-bond acceptors (Lipinski definition) is 4. The van der Waals surface area contributed by atoms with Crippen molar-refractivity contribution in [2.24, 2.45) is 0 Å². The van der Waals surface area contributed by atoms with E-state index in [1.807, 2.05) is 31.2 Å². The van der Waals surface area contributed by atoms with Crippen molar-refractivity contribution < 1.29 is 22.5 Å². The summed E-state index contributed by atoms with van der Waals surface area (Å²) in [7, 11) is 0. The first-order valence-electron chi connectivity index (χ1n) is 9.97. The zero-order valence-corrected chi connectivity index (χ0v) is 16.8. The van der Waals surface area contributed by atoms with Crippen molar-refractivity contribution >= 4 is 11.7 Å². The van der Waals surface area contributed by atoms with E-state index in [2.05, 4.69) is 15.5 Å². The van der Waals surface area contributed by atoms with Gasteiger partial charge < -0.3 is 14.7 Å². The Kier molecular flexibility index (Phi) is 5.67. The fraction of sp³-hybridized carbons (Fsp3) is 0.318. The highest BCUT2D eigenvalue weighted by molar-refractivity contribution is 5.89. The Balaban J connectivity index is 1.50. The predicted octanol–water partition coefficient (Wildman–Crippen LogP) is 5.82. The lowest BCUT2D eigenvalue weighted by Crippen LogP contribution is -2.41. The van der Waals surface area contributed by atoms with E-state index in [4.69, 9.17) is 4.52 Å². The standard InChI is InChI=1S/C22H21F3N4O2/c1-14-5-7-15(8-6-14)19-27-20(31-28-19)18-4-2-3-13-29(18)21(30)26-17-11-9-16(10-12-17)22(23,24)25/h5-12,18H,2-4,13H2,1H3,(H,26,30). The molecule has 1 N–H and O–H groups in total. The van der Waals surface area contributed by atoms with Gasteiger partial charge in [-0.2, -0.15) is 18.2 Å². The van der Waals surface area contributed by atoms with Gasteiger partial charge in [0.25, 0.3) is 0 Å². The van der Waals surface area contributed by atoms with Crippen molar-refractivity contribution in [1.82, 2.24) is 15.0 Å². The Morgan fingerprint density at radius 1 is 1.10 bits per heavy atom. The zero-order chi connectivity index (χ0) is 22.0. The predicted molar refractivity (Wildman–Crippen MR) is 108 cm³/mol. The van der Waals surface area contributed by atoms with Gasteiger partial charge in [0.2, 0.25) is 11.7 Å². The van der Waals surface area contributed by atoms with E-state index >= 15 is 0 Å². The van der Waals surface area contributed by atoms with Gasteiger partial charge in [-0.3, -0.25) is 0 Å². The van der Waals surface area contributed by atoms with Crippen molar-refractivity contribution in [3.05, 3.63) is 65.5 Å². The summed E-state index contributed by atoms with van der Waals surface area (Å²) >= 11 is 0. The van der Waals surface area contributed by atoms with E-state index in [0.29, 0.717) is 24.7 Å². The number of anilines is 1. The normalized spacial score (nSPS) is 16.9. The monoisotopic (exact) mass is 430 g/mol. The molecule has 3 aromatic rings. The van der Waals surface area contributed by atoms with Gasteiger partial charge in [-0.05, 0) is 50.5 Å². The summed E-state index contributed by atoms with van der Waals surface area (Å²) in [5.41, 5.74) is 1.45. The summed E-state index contributed by atoms with van der Waals surface area (Å²) in [5.74, 6) is 0.793. The number of aromatic nitrogens is 2. The summed E-state index contributed by atoms with van der Waals surface area (Å²) in [6.07, 6.45) is -2.05. The minimum atomic E-state index is -4.42. The minimum Gasteiger partial charge on any atom is -0.337 e. The molecule has 162 valence electrons. The van der Waals surface area contributed by atoms with Crippen LogP contribution in [0.25, 0.3) is 11.4 Å². The van der Waals surface area contributed by atoms with E-state index in [-0.39, 0.29) is 5.69 Å². The molecule has 4 rings (SSSR count). The fourth-order valence-electron chi connectivity index (χ4n) is 3.56. The Hall–Kier alpha value is -3.36. The summed E-state index contributed by atoms with van der Waals surface area (Å²) < 4.78 is 43.7. The lowest BCUT2D eigenvalue weighted by atomic mass is 10.0. The highest BCUT2D eigenvalue weighted by Crippen LogP contribution is 2.33. The number of aryl methyl sites for hydroxylation is 1. The van der Waals surface area contributed by atoms with Gasteiger partial charge in [0, 0.05) is 17.8 Å². The Labute approximate surface area is 177 Å². The maximum atomic E-state index is 12.9. The van der Waals surface area contributed by atoms with E-state index in [0.717, 1.165) is 36.1 Å². The highest BCUT2D eigenvalue weighted by Gasteiger charge is 2.33. The molecule has 1 unspecified atom stereocenters. The minimum absolute atomic E-state index is 0.285. The molecule has 1 saturated heterocycles. The molecular weight excluding hydrogens is 409 g/mol. The first kappa shape index (κ1) is 20.9. The average Bonchev–Trinajstić information content (AvgIpc) is 3.24. The molecule has 2 aromatic carbocycles. The molecule has 6 nitrogen and oxygen atoms in total. The van der Waals surface area contributed by atoms with E-state index in [1.165, 1.54) is 12.1 Å². The third kappa shape index (κ3) is 4.70. The molecule has 1 fully saturated rings. The molecule has 1 aliphatic rings. The Morgan fingerprint density at radius 2 is 1.81 bits per heavy atom. The van der Waals surface area contributed by atoms with Crippen LogP contribution < -0.4 is 5.32 Å². The molecule has 0 radical (unpaired) electrons. The van der Waals surface area contributed by atoms with Gasteiger partial charge in [0.1, 0.15) is 6.04 Å². The molecule has 2 amide bonds. The third-order valence-electron chi connectivity index (χ3n) is 5.26. The van der Waals surface area contributed by atoms with Crippen molar-refractivity contribution in [3.8, 4) is 11.4 Å². The maximum Gasteiger partial charge on any atom is 0.416 e. The largest absolute Gasteiger partial charge is 0.416 e.